The number of furan rings is 2. The predicted octanol–water partition coefficient (Wildman–Crippen LogP) is 20.2. The molecule has 10 aromatic carbocycles. The second-order valence-corrected chi connectivity index (χ2v) is 23.3. The fourth-order valence-corrected chi connectivity index (χ4v) is 12.3. The summed E-state index contributed by atoms with van der Waals surface area (Å²) in [7, 11) is 2.01. The molecule has 5 heterocycles. The first kappa shape index (κ1) is 57.4. The maximum absolute atomic E-state index is 6.85. The molecule has 5 aromatic heterocycles. The third-order valence-electron chi connectivity index (χ3n) is 16.9. The molecule has 0 fully saturated rings. The van der Waals surface area contributed by atoms with E-state index in [4.69, 9.17) is 13.8 Å². The predicted molar refractivity (Wildman–Crippen MR) is 356 cm³/mol. The molecule has 0 aliphatic heterocycles. The van der Waals surface area contributed by atoms with Crippen LogP contribution in [0.3, 0.4) is 0 Å². The molecule has 0 aliphatic rings. The molecule has 0 saturated carbocycles. The summed E-state index contributed by atoms with van der Waals surface area (Å²) in [5, 5.41) is 6.66. The van der Waals surface area contributed by atoms with Crippen molar-refractivity contribution in [3.63, 3.8) is 0 Å². The first-order valence-electron chi connectivity index (χ1n) is 30.1. The topological polar surface area (TPSA) is 74.8 Å². The minimum absolute atomic E-state index is 0. The van der Waals surface area contributed by atoms with Gasteiger partial charge in [0.2, 0.25) is 0 Å². The van der Waals surface area contributed by atoms with Crippen molar-refractivity contribution in [2.24, 2.45) is 7.05 Å². The van der Waals surface area contributed by atoms with E-state index in [9.17, 15) is 0 Å². The van der Waals surface area contributed by atoms with Crippen molar-refractivity contribution >= 4 is 54.6 Å². The minimum atomic E-state index is 0. The average molecular weight is 1320 g/mol. The Morgan fingerprint density at radius 3 is 1.85 bits per heavy atom. The van der Waals surface area contributed by atoms with Gasteiger partial charge in [-0.05, 0) is 129 Å². The summed E-state index contributed by atoms with van der Waals surface area (Å²) < 4.78 is 17.4. The van der Waals surface area contributed by atoms with Gasteiger partial charge in [0.05, 0.1) is 17.2 Å². The van der Waals surface area contributed by atoms with Crippen molar-refractivity contribution in [1.29, 1.82) is 0 Å². The summed E-state index contributed by atoms with van der Waals surface area (Å²) in [4.78, 5) is 14.0. The van der Waals surface area contributed by atoms with E-state index in [1.807, 2.05) is 78.9 Å². The fraction of sp³-hybridized carbons (Fsp3) is 0.138. The van der Waals surface area contributed by atoms with E-state index in [0.717, 1.165) is 126 Å². The number of nitrogens with zero attached hydrogens (tertiary/aromatic N) is 5. The summed E-state index contributed by atoms with van der Waals surface area (Å²) in [5.74, 6) is 2.27. The van der Waals surface area contributed by atoms with Crippen LogP contribution in [-0.2, 0) is 52.8 Å². The summed E-state index contributed by atoms with van der Waals surface area (Å²) in [6.45, 7) is 9.08. The van der Waals surface area contributed by atoms with Crippen molar-refractivity contribution in [2.75, 3.05) is 0 Å². The minimum Gasteiger partial charge on any atom is -0.500 e. The number of aryl methyl sites for hydroxylation is 5. The Labute approximate surface area is 527 Å². The van der Waals surface area contributed by atoms with Crippen molar-refractivity contribution in [3.05, 3.63) is 289 Å². The molecule has 0 aliphatic carbocycles. The fourth-order valence-electron chi connectivity index (χ4n) is 12.3. The monoisotopic (exact) mass is 1320 g/mol. The van der Waals surface area contributed by atoms with Crippen LogP contribution in [0.5, 0.6) is 0 Å². The Balaban J connectivity index is 0.000000177. The molecule has 15 aromatic rings. The van der Waals surface area contributed by atoms with Crippen LogP contribution in [-0.4, -0.2) is 24.1 Å². The maximum atomic E-state index is 6.85. The number of imidazole rings is 2. The van der Waals surface area contributed by atoms with Gasteiger partial charge in [0.25, 0.3) is 0 Å². The van der Waals surface area contributed by atoms with E-state index in [1.165, 1.54) is 50.1 Å². The molecule has 0 saturated heterocycles. The van der Waals surface area contributed by atoms with Crippen LogP contribution in [0.4, 0.5) is 0 Å². The average Bonchev–Trinajstić information content (AvgIpc) is 1.93. The van der Waals surface area contributed by atoms with E-state index < -0.39 is 0 Å². The molecular weight excluding hydrogens is 1260 g/mol. The Morgan fingerprint density at radius 2 is 1.12 bits per heavy atom. The molecule has 0 N–H and O–H groups in total. The molecule has 0 bridgehead atoms. The molecular formula is C80H64IrN5O2. The van der Waals surface area contributed by atoms with Crippen molar-refractivity contribution in [3.8, 4) is 62.0 Å². The molecule has 430 valence electrons. The van der Waals surface area contributed by atoms with E-state index in [2.05, 4.69) is 230 Å². The van der Waals surface area contributed by atoms with Gasteiger partial charge in [-0.25, -0.2) is 0 Å². The van der Waals surface area contributed by atoms with Crippen molar-refractivity contribution < 1.29 is 28.9 Å². The van der Waals surface area contributed by atoms with Crippen LogP contribution in [0.25, 0.3) is 117 Å². The quantitative estimate of drug-likeness (QED) is 0.101. The standard InChI is InChI=1S/C49H37N2O2.C31H27N3.Ir/c1-29(2)42-26-35(33-18-21-38-37-13-8-9-16-44(37)52-45(38)28-33)27-43(30(3)4)46(42)51-24-23-50-49(51)41-15-10-14-39-40-22-19-34-25-32(31-11-6-5-7-12-31)17-20-36(34)47(40)53-48(39)41;1-34-21-20-32-31(34)29-17-14-24(15-18-29)10-11-25-6-5-7-26(22-25)12-13-27-16-19-30(33-23-27)28-8-3-2-4-9-28;/h5-14,16-30H,1-4H3;2-8,14-17,19-23H,10-13H2,1H3;/q-1;-2;+3. The van der Waals surface area contributed by atoms with Crippen molar-refractivity contribution in [1.82, 2.24) is 24.1 Å². The second-order valence-electron chi connectivity index (χ2n) is 23.3. The Kier molecular flexibility index (Phi) is 16.3. The zero-order valence-electron chi connectivity index (χ0n) is 49.9. The molecule has 88 heavy (non-hydrogen) atoms. The summed E-state index contributed by atoms with van der Waals surface area (Å²) in [5.41, 5.74) is 21.1. The smallest absolute Gasteiger partial charge is 0.500 e. The normalized spacial score (nSPS) is 11.5. The number of para-hydroxylation sites is 1. The third kappa shape index (κ3) is 11.5. The molecule has 0 spiro atoms. The number of benzene rings is 10. The van der Waals surface area contributed by atoms with E-state index in [1.54, 1.807) is 0 Å². The van der Waals surface area contributed by atoms with Crippen LogP contribution in [0.15, 0.2) is 246 Å². The largest absolute Gasteiger partial charge is 3.00 e. The van der Waals surface area contributed by atoms with Crippen LogP contribution in [0.2, 0.25) is 0 Å². The van der Waals surface area contributed by atoms with Gasteiger partial charge in [-0.2, -0.15) is 0 Å². The van der Waals surface area contributed by atoms with E-state index >= 15 is 0 Å². The van der Waals surface area contributed by atoms with Gasteiger partial charge in [-0.15, -0.1) is 89.5 Å². The number of pyridine rings is 1. The van der Waals surface area contributed by atoms with Crippen LogP contribution < -0.4 is 0 Å². The SMILES string of the molecule is CC(C)c1cc(-c2ccc3c(c2)oc2ccccc23)cc(C(C)C)c1-n1ccnc1-c1[c-]ccc2c1oc1c3ccc(-c4ccccc4)cc3ccc21.Cn1ccnc1-c1[c-]cc(CCc2cccc(CCc3ccc(-c4[c-]cccc4)nc3)c2)cc1.[Ir+3]. The number of hydrogen-bond donors (Lipinski definition) is 0. The molecule has 0 unspecified atom stereocenters. The zero-order chi connectivity index (χ0) is 59.0. The van der Waals surface area contributed by atoms with Gasteiger partial charge in [0.15, 0.2) is 0 Å². The molecule has 7 nitrogen and oxygen atoms in total. The first-order valence-corrected chi connectivity index (χ1v) is 30.1. The first-order chi connectivity index (χ1) is 42.7. The number of hydrogen-bond acceptors (Lipinski definition) is 5. The second kappa shape index (κ2) is 24.9. The van der Waals surface area contributed by atoms with Gasteiger partial charge in [-0.1, -0.05) is 160 Å². The molecule has 0 radical (unpaired) electrons. The van der Waals surface area contributed by atoms with E-state index in [-0.39, 0.29) is 31.9 Å². The Morgan fingerprint density at radius 1 is 0.443 bits per heavy atom. The van der Waals surface area contributed by atoms with Crippen LogP contribution in [0.1, 0.15) is 72.9 Å². The number of fused-ring (bicyclic) bond motifs is 8. The zero-order valence-corrected chi connectivity index (χ0v) is 52.3. The number of rotatable bonds is 14. The molecule has 8 heteroatoms. The van der Waals surface area contributed by atoms with Gasteiger partial charge >= 0.3 is 20.1 Å². The third-order valence-corrected chi connectivity index (χ3v) is 16.9. The molecule has 0 atom stereocenters. The van der Waals surface area contributed by atoms with Crippen LogP contribution >= 0.6 is 0 Å². The van der Waals surface area contributed by atoms with E-state index in [0.29, 0.717) is 0 Å². The summed E-state index contributed by atoms with van der Waals surface area (Å²) >= 11 is 0. The Hall–Kier alpha value is -9.72. The van der Waals surface area contributed by atoms with Gasteiger partial charge in [0.1, 0.15) is 16.7 Å². The molecule has 0 amide bonds. The molecule has 15 rings (SSSR count). The Bertz CT molecular complexity index is 4910. The van der Waals surface area contributed by atoms with Gasteiger partial charge < -0.3 is 23.0 Å². The van der Waals surface area contributed by atoms with Gasteiger partial charge in [-0.3, -0.25) is 9.97 Å². The maximum Gasteiger partial charge on any atom is 3.00 e. The van der Waals surface area contributed by atoms with Gasteiger partial charge in [0, 0.05) is 65.3 Å². The summed E-state index contributed by atoms with van der Waals surface area (Å²) in [6, 6.07) is 82.9. The number of aromatic nitrogens is 5. The van der Waals surface area contributed by atoms with Crippen molar-refractivity contribution in [2.45, 2.75) is 65.2 Å². The van der Waals surface area contributed by atoms with Crippen LogP contribution in [0, 0.1) is 18.2 Å². The summed E-state index contributed by atoms with van der Waals surface area (Å²) in [6.07, 6.45) is 13.8.